The molecule has 3 aromatic rings. The molecule has 0 fully saturated rings. The SMILES string of the molecule is Cc1ccc(NC(=O)CCCn2nc(-c3ccco3)ccc2=O)c(C)c1. The maximum atomic E-state index is 12.1. The molecule has 2 aromatic heterocycles. The molecule has 0 radical (unpaired) electrons. The predicted molar refractivity (Wildman–Crippen MR) is 100.0 cm³/mol. The van der Waals surface area contributed by atoms with Crippen LogP contribution in [0.5, 0.6) is 0 Å². The summed E-state index contributed by atoms with van der Waals surface area (Å²) < 4.78 is 6.66. The fraction of sp³-hybridized carbons (Fsp3) is 0.250. The first-order valence-electron chi connectivity index (χ1n) is 8.52. The van der Waals surface area contributed by atoms with E-state index < -0.39 is 0 Å². The minimum absolute atomic E-state index is 0.0767. The van der Waals surface area contributed by atoms with Gasteiger partial charge in [0.15, 0.2) is 5.76 Å². The summed E-state index contributed by atoms with van der Waals surface area (Å²) in [5, 5.41) is 7.21. The number of nitrogens with zero attached hydrogens (tertiary/aromatic N) is 2. The summed E-state index contributed by atoms with van der Waals surface area (Å²) in [7, 11) is 0. The largest absolute Gasteiger partial charge is 0.463 e. The Bertz CT molecular complexity index is 959. The van der Waals surface area contributed by atoms with Gasteiger partial charge in [-0.1, -0.05) is 17.7 Å². The molecule has 6 nitrogen and oxygen atoms in total. The number of hydrogen-bond acceptors (Lipinski definition) is 4. The first-order chi connectivity index (χ1) is 12.5. The van der Waals surface area contributed by atoms with E-state index in [9.17, 15) is 9.59 Å². The lowest BCUT2D eigenvalue weighted by atomic mass is 10.1. The highest BCUT2D eigenvalue weighted by molar-refractivity contribution is 5.91. The third-order valence-corrected chi connectivity index (χ3v) is 4.07. The summed E-state index contributed by atoms with van der Waals surface area (Å²) in [6, 6.07) is 12.5. The van der Waals surface area contributed by atoms with Crippen LogP contribution < -0.4 is 10.9 Å². The molecule has 0 aliphatic rings. The van der Waals surface area contributed by atoms with Crippen molar-refractivity contribution >= 4 is 11.6 Å². The Kier molecular flexibility index (Phi) is 5.31. The van der Waals surface area contributed by atoms with Gasteiger partial charge in [-0.25, -0.2) is 4.68 Å². The molecule has 0 unspecified atom stereocenters. The molecule has 0 bridgehead atoms. The number of hydrogen-bond donors (Lipinski definition) is 1. The molecule has 0 aliphatic heterocycles. The minimum Gasteiger partial charge on any atom is -0.463 e. The molecule has 6 heteroatoms. The average molecular weight is 351 g/mol. The van der Waals surface area contributed by atoms with Gasteiger partial charge < -0.3 is 9.73 Å². The molecule has 2 heterocycles. The highest BCUT2D eigenvalue weighted by Crippen LogP contribution is 2.17. The molecule has 0 aliphatic carbocycles. The van der Waals surface area contributed by atoms with Crippen LogP contribution in [0.1, 0.15) is 24.0 Å². The van der Waals surface area contributed by atoms with Crippen LogP contribution in [-0.4, -0.2) is 15.7 Å². The summed E-state index contributed by atoms with van der Waals surface area (Å²) in [5.41, 5.74) is 3.39. The van der Waals surface area contributed by atoms with Crippen molar-refractivity contribution in [2.45, 2.75) is 33.2 Å². The number of nitrogens with one attached hydrogen (secondary N) is 1. The van der Waals surface area contributed by atoms with Crippen LogP contribution in [0, 0.1) is 13.8 Å². The van der Waals surface area contributed by atoms with Gasteiger partial charge in [0.05, 0.1) is 6.26 Å². The summed E-state index contributed by atoms with van der Waals surface area (Å²) in [6.07, 6.45) is 2.39. The number of amides is 1. The van der Waals surface area contributed by atoms with Crippen molar-refractivity contribution in [3.05, 3.63) is 70.2 Å². The van der Waals surface area contributed by atoms with Crippen LogP contribution in [0.15, 0.2) is 57.9 Å². The standard InChI is InChI=1S/C20H21N3O3/c1-14-7-8-16(15(2)13-14)21-19(24)6-3-11-23-20(25)10-9-17(22-23)18-5-4-12-26-18/h4-5,7-10,12-13H,3,6,11H2,1-2H3,(H,21,24). The second-order valence-electron chi connectivity index (χ2n) is 6.23. The number of furan rings is 1. The quantitative estimate of drug-likeness (QED) is 0.737. The van der Waals surface area contributed by atoms with E-state index in [1.165, 1.54) is 10.7 Å². The van der Waals surface area contributed by atoms with Crippen LogP contribution in [0.2, 0.25) is 0 Å². The Morgan fingerprint density at radius 3 is 2.77 bits per heavy atom. The zero-order chi connectivity index (χ0) is 18.5. The van der Waals surface area contributed by atoms with Crippen LogP contribution in [-0.2, 0) is 11.3 Å². The Balaban J connectivity index is 1.58. The molecule has 0 atom stereocenters. The molecule has 0 saturated heterocycles. The Morgan fingerprint density at radius 2 is 2.04 bits per heavy atom. The highest BCUT2D eigenvalue weighted by atomic mass is 16.3. The average Bonchev–Trinajstić information content (AvgIpc) is 3.14. The summed E-state index contributed by atoms with van der Waals surface area (Å²) >= 11 is 0. The number of rotatable bonds is 6. The second-order valence-corrected chi connectivity index (χ2v) is 6.23. The maximum absolute atomic E-state index is 12.1. The van der Waals surface area contributed by atoms with E-state index in [4.69, 9.17) is 4.42 Å². The monoisotopic (exact) mass is 351 g/mol. The van der Waals surface area contributed by atoms with E-state index >= 15 is 0 Å². The number of benzene rings is 1. The first-order valence-corrected chi connectivity index (χ1v) is 8.52. The van der Waals surface area contributed by atoms with Crippen LogP contribution in [0.3, 0.4) is 0 Å². The normalized spacial score (nSPS) is 10.7. The summed E-state index contributed by atoms with van der Waals surface area (Å²) in [6.45, 7) is 4.35. The third-order valence-electron chi connectivity index (χ3n) is 4.07. The zero-order valence-corrected chi connectivity index (χ0v) is 14.9. The smallest absolute Gasteiger partial charge is 0.266 e. The Hall–Kier alpha value is -3.15. The van der Waals surface area contributed by atoms with E-state index in [-0.39, 0.29) is 11.5 Å². The summed E-state index contributed by atoms with van der Waals surface area (Å²) in [4.78, 5) is 24.1. The van der Waals surface area contributed by atoms with Crippen molar-refractivity contribution in [2.24, 2.45) is 0 Å². The molecular weight excluding hydrogens is 330 g/mol. The van der Waals surface area contributed by atoms with Crippen molar-refractivity contribution in [2.75, 3.05) is 5.32 Å². The lowest BCUT2D eigenvalue weighted by Gasteiger charge is -2.09. The number of carbonyl (C=O) groups excluding carboxylic acids is 1. The third kappa shape index (κ3) is 4.27. The van der Waals surface area contributed by atoms with Crippen molar-refractivity contribution < 1.29 is 9.21 Å². The second kappa shape index (κ2) is 7.82. The van der Waals surface area contributed by atoms with Crippen LogP contribution >= 0.6 is 0 Å². The molecule has 3 rings (SSSR count). The van der Waals surface area contributed by atoms with Gasteiger partial charge in [0.1, 0.15) is 5.69 Å². The zero-order valence-electron chi connectivity index (χ0n) is 14.9. The van der Waals surface area contributed by atoms with Crippen LogP contribution in [0.25, 0.3) is 11.5 Å². The first kappa shape index (κ1) is 17.7. The van der Waals surface area contributed by atoms with Crippen LogP contribution in [0.4, 0.5) is 5.69 Å². The van der Waals surface area contributed by atoms with E-state index in [0.29, 0.717) is 30.8 Å². The lowest BCUT2D eigenvalue weighted by Crippen LogP contribution is -2.23. The van der Waals surface area contributed by atoms with Gasteiger partial charge in [0.25, 0.3) is 5.56 Å². The maximum Gasteiger partial charge on any atom is 0.266 e. The van der Waals surface area contributed by atoms with Gasteiger partial charge in [-0.15, -0.1) is 0 Å². The fourth-order valence-corrected chi connectivity index (χ4v) is 2.72. The van der Waals surface area contributed by atoms with E-state index in [1.54, 1.807) is 24.5 Å². The molecule has 0 spiro atoms. The van der Waals surface area contributed by atoms with Gasteiger partial charge in [-0.05, 0) is 50.1 Å². The number of aromatic nitrogens is 2. The van der Waals surface area contributed by atoms with Gasteiger partial charge in [0, 0.05) is 24.7 Å². The number of anilines is 1. The molecule has 1 aromatic carbocycles. The molecule has 0 saturated carbocycles. The molecule has 26 heavy (non-hydrogen) atoms. The van der Waals surface area contributed by atoms with E-state index in [1.807, 2.05) is 32.0 Å². The minimum atomic E-state index is -0.199. The van der Waals surface area contributed by atoms with Crippen molar-refractivity contribution in [1.29, 1.82) is 0 Å². The van der Waals surface area contributed by atoms with Crippen molar-refractivity contribution in [3.8, 4) is 11.5 Å². The molecule has 134 valence electrons. The van der Waals surface area contributed by atoms with Crippen molar-refractivity contribution in [3.63, 3.8) is 0 Å². The van der Waals surface area contributed by atoms with Gasteiger partial charge in [-0.2, -0.15) is 5.10 Å². The Morgan fingerprint density at radius 1 is 1.19 bits per heavy atom. The molecular formula is C20H21N3O3. The van der Waals surface area contributed by atoms with E-state index in [2.05, 4.69) is 10.4 Å². The van der Waals surface area contributed by atoms with Gasteiger partial charge >= 0.3 is 0 Å². The topological polar surface area (TPSA) is 77.1 Å². The number of aryl methyl sites for hydroxylation is 3. The van der Waals surface area contributed by atoms with Crippen molar-refractivity contribution in [1.82, 2.24) is 9.78 Å². The number of carbonyl (C=O) groups is 1. The molecule has 1 amide bonds. The lowest BCUT2D eigenvalue weighted by molar-refractivity contribution is -0.116. The van der Waals surface area contributed by atoms with Gasteiger partial charge in [-0.3, -0.25) is 9.59 Å². The Labute approximate surface area is 151 Å². The summed E-state index contributed by atoms with van der Waals surface area (Å²) in [5.74, 6) is 0.526. The highest BCUT2D eigenvalue weighted by Gasteiger charge is 2.08. The predicted octanol–water partition coefficient (Wildman–Crippen LogP) is 3.54. The molecule has 1 N–H and O–H groups in total. The fourth-order valence-electron chi connectivity index (χ4n) is 2.72. The van der Waals surface area contributed by atoms with E-state index in [0.717, 1.165) is 16.8 Å². The van der Waals surface area contributed by atoms with Gasteiger partial charge in [0.2, 0.25) is 5.91 Å².